The number of hydrogen-bond acceptors (Lipinski definition) is 5. The predicted molar refractivity (Wildman–Crippen MR) is 118 cm³/mol. The van der Waals surface area contributed by atoms with E-state index in [9.17, 15) is 9.59 Å². The molecule has 1 saturated heterocycles. The third kappa shape index (κ3) is 5.84. The number of amides is 2. The predicted octanol–water partition coefficient (Wildman–Crippen LogP) is 4.34. The van der Waals surface area contributed by atoms with Gasteiger partial charge in [0.25, 0.3) is 0 Å². The number of amidine groups is 1. The van der Waals surface area contributed by atoms with Gasteiger partial charge >= 0.3 is 0 Å². The van der Waals surface area contributed by atoms with Gasteiger partial charge in [-0.1, -0.05) is 30.8 Å². The molecular weight excluding hydrogens is 386 g/mol. The van der Waals surface area contributed by atoms with E-state index in [1.54, 1.807) is 12.1 Å². The fraction of sp³-hybridized carbons (Fsp3) is 0.318. The van der Waals surface area contributed by atoms with E-state index in [1.807, 2.05) is 51.1 Å². The molecule has 1 heterocycles. The number of aryl methyl sites for hydroxylation is 2. The molecule has 6 nitrogen and oxygen atoms in total. The van der Waals surface area contributed by atoms with Crippen LogP contribution in [-0.4, -0.2) is 28.8 Å². The summed E-state index contributed by atoms with van der Waals surface area (Å²) in [4.78, 5) is 29.2. The van der Waals surface area contributed by atoms with Gasteiger partial charge in [0.15, 0.2) is 5.17 Å². The lowest BCUT2D eigenvalue weighted by atomic mass is 10.1. The van der Waals surface area contributed by atoms with Crippen LogP contribution in [0.3, 0.4) is 0 Å². The van der Waals surface area contributed by atoms with Crippen molar-refractivity contribution in [3.05, 3.63) is 53.6 Å². The summed E-state index contributed by atoms with van der Waals surface area (Å²) in [6.45, 7) is 6.68. The van der Waals surface area contributed by atoms with E-state index in [-0.39, 0.29) is 18.2 Å². The average Bonchev–Trinajstić information content (AvgIpc) is 3.03. The lowest BCUT2D eigenvalue weighted by molar-refractivity contribution is -0.122. The van der Waals surface area contributed by atoms with Gasteiger partial charge in [-0.2, -0.15) is 0 Å². The van der Waals surface area contributed by atoms with E-state index >= 15 is 0 Å². The van der Waals surface area contributed by atoms with E-state index in [0.717, 1.165) is 29.0 Å². The molecule has 0 spiro atoms. The minimum atomic E-state index is -0.494. The first kappa shape index (κ1) is 20.9. The number of nitrogens with one attached hydrogen (secondary N) is 2. The second-order valence-corrected chi connectivity index (χ2v) is 8.12. The van der Waals surface area contributed by atoms with E-state index in [1.165, 1.54) is 11.8 Å². The number of benzene rings is 2. The summed E-state index contributed by atoms with van der Waals surface area (Å²) in [6, 6.07) is 13.2. The zero-order valence-electron chi connectivity index (χ0n) is 16.8. The number of hydrogen-bond donors (Lipinski definition) is 2. The number of nitrogens with zero attached hydrogens (tertiary/aromatic N) is 1. The molecule has 7 heteroatoms. The van der Waals surface area contributed by atoms with Gasteiger partial charge in [0.05, 0.1) is 12.3 Å². The summed E-state index contributed by atoms with van der Waals surface area (Å²) >= 11 is 1.29. The summed E-state index contributed by atoms with van der Waals surface area (Å²) in [5.41, 5.74) is 3.63. The first-order valence-corrected chi connectivity index (χ1v) is 10.5. The molecule has 1 atom stereocenters. The Balaban J connectivity index is 1.57. The maximum atomic E-state index is 12.4. The molecule has 2 amide bonds. The standard InChI is InChI=1S/C22H25N3O3S/c1-4-11-28-17-9-7-16(8-10-17)23-20(26)13-19-21(27)25-22(29-19)24-18-12-14(2)5-6-15(18)3/h5-10,12,19H,4,11,13H2,1-3H3,(H,23,26)(H,24,25,27)/t19-/m0/s1. The van der Waals surface area contributed by atoms with Crippen molar-refractivity contribution in [2.75, 3.05) is 11.9 Å². The summed E-state index contributed by atoms with van der Waals surface area (Å²) in [5.74, 6) is 0.355. The molecule has 0 bridgehead atoms. The highest BCUT2D eigenvalue weighted by Crippen LogP contribution is 2.27. The minimum Gasteiger partial charge on any atom is -0.494 e. The molecule has 2 N–H and O–H groups in total. The Bertz CT molecular complexity index is 925. The van der Waals surface area contributed by atoms with Gasteiger partial charge in [-0.3, -0.25) is 9.59 Å². The highest BCUT2D eigenvalue weighted by molar-refractivity contribution is 8.15. The quantitative estimate of drug-likeness (QED) is 0.710. The molecule has 0 aliphatic carbocycles. The van der Waals surface area contributed by atoms with Gasteiger partial charge in [-0.15, -0.1) is 0 Å². The first-order valence-electron chi connectivity index (χ1n) is 9.61. The molecule has 0 saturated carbocycles. The van der Waals surface area contributed by atoms with Crippen LogP contribution in [0.2, 0.25) is 0 Å². The molecule has 3 rings (SSSR count). The molecule has 0 radical (unpaired) electrons. The lowest BCUT2D eigenvalue weighted by Crippen LogP contribution is -2.28. The topological polar surface area (TPSA) is 79.8 Å². The molecule has 0 unspecified atom stereocenters. The monoisotopic (exact) mass is 411 g/mol. The van der Waals surface area contributed by atoms with Crippen LogP contribution >= 0.6 is 11.8 Å². The van der Waals surface area contributed by atoms with Crippen LogP contribution in [0.1, 0.15) is 30.9 Å². The number of carbonyl (C=O) groups is 2. The Kier molecular flexibility index (Phi) is 6.93. The number of thioether (sulfide) groups is 1. The maximum absolute atomic E-state index is 12.4. The molecule has 1 aliphatic heterocycles. The Morgan fingerprint density at radius 2 is 1.97 bits per heavy atom. The maximum Gasteiger partial charge on any atom is 0.240 e. The molecular formula is C22H25N3O3S. The minimum absolute atomic E-state index is 0.0798. The van der Waals surface area contributed by atoms with Crippen molar-refractivity contribution in [1.82, 2.24) is 5.32 Å². The van der Waals surface area contributed by atoms with E-state index in [0.29, 0.717) is 17.5 Å². The van der Waals surface area contributed by atoms with E-state index in [2.05, 4.69) is 15.6 Å². The number of carbonyl (C=O) groups excluding carboxylic acids is 2. The zero-order chi connectivity index (χ0) is 20.8. The van der Waals surface area contributed by atoms with Crippen molar-refractivity contribution < 1.29 is 14.3 Å². The second-order valence-electron chi connectivity index (χ2n) is 6.93. The van der Waals surface area contributed by atoms with Crippen LogP contribution in [0.25, 0.3) is 0 Å². The molecule has 152 valence electrons. The SMILES string of the molecule is CCCOc1ccc(NC(=O)C[C@@H]2SC(=Nc3cc(C)ccc3C)NC2=O)cc1. The molecule has 0 aromatic heterocycles. The Morgan fingerprint density at radius 3 is 2.69 bits per heavy atom. The van der Waals surface area contributed by atoms with Crippen molar-refractivity contribution in [2.45, 2.75) is 38.9 Å². The van der Waals surface area contributed by atoms with Crippen LogP contribution in [0.5, 0.6) is 5.75 Å². The zero-order valence-corrected chi connectivity index (χ0v) is 17.6. The van der Waals surface area contributed by atoms with Crippen molar-refractivity contribution in [1.29, 1.82) is 0 Å². The first-order chi connectivity index (χ1) is 13.9. The number of aliphatic imine (C=N–C) groups is 1. The molecule has 2 aromatic rings. The van der Waals surface area contributed by atoms with Crippen molar-refractivity contribution in [3.63, 3.8) is 0 Å². The number of anilines is 1. The van der Waals surface area contributed by atoms with Gasteiger partial charge in [0.2, 0.25) is 11.8 Å². The Morgan fingerprint density at radius 1 is 1.21 bits per heavy atom. The summed E-state index contributed by atoms with van der Waals surface area (Å²) in [6.07, 6.45) is 1.02. The van der Waals surface area contributed by atoms with Crippen molar-refractivity contribution >= 4 is 40.1 Å². The second kappa shape index (κ2) is 9.60. The fourth-order valence-electron chi connectivity index (χ4n) is 2.78. The van der Waals surface area contributed by atoms with Crippen LogP contribution in [0, 0.1) is 13.8 Å². The fourth-order valence-corrected chi connectivity index (χ4v) is 3.76. The van der Waals surface area contributed by atoms with Crippen molar-refractivity contribution in [3.8, 4) is 5.75 Å². The van der Waals surface area contributed by atoms with Gasteiger partial charge in [-0.05, 0) is 61.7 Å². The number of ether oxygens (including phenoxy) is 1. The highest BCUT2D eigenvalue weighted by Gasteiger charge is 2.32. The van der Waals surface area contributed by atoms with Crippen molar-refractivity contribution in [2.24, 2.45) is 4.99 Å². The molecule has 1 fully saturated rings. The third-order valence-electron chi connectivity index (χ3n) is 4.34. The van der Waals surface area contributed by atoms with Crippen LogP contribution < -0.4 is 15.4 Å². The molecule has 29 heavy (non-hydrogen) atoms. The average molecular weight is 412 g/mol. The largest absolute Gasteiger partial charge is 0.494 e. The summed E-state index contributed by atoms with van der Waals surface area (Å²) < 4.78 is 5.53. The third-order valence-corrected chi connectivity index (χ3v) is 5.43. The van der Waals surface area contributed by atoms with E-state index < -0.39 is 5.25 Å². The van der Waals surface area contributed by atoms with Gasteiger partial charge in [0, 0.05) is 12.1 Å². The van der Waals surface area contributed by atoms with Crippen LogP contribution in [0.15, 0.2) is 47.5 Å². The number of rotatable bonds is 7. The summed E-state index contributed by atoms with van der Waals surface area (Å²) in [5, 5.41) is 5.63. The van der Waals surface area contributed by atoms with Gasteiger partial charge < -0.3 is 15.4 Å². The van der Waals surface area contributed by atoms with Gasteiger partial charge in [-0.25, -0.2) is 4.99 Å². The normalized spacial score (nSPS) is 17.3. The lowest BCUT2D eigenvalue weighted by Gasteiger charge is -2.09. The highest BCUT2D eigenvalue weighted by atomic mass is 32.2. The van der Waals surface area contributed by atoms with Gasteiger partial charge in [0.1, 0.15) is 11.0 Å². The van der Waals surface area contributed by atoms with E-state index in [4.69, 9.17) is 4.74 Å². The van der Waals surface area contributed by atoms with Crippen LogP contribution in [-0.2, 0) is 9.59 Å². The smallest absolute Gasteiger partial charge is 0.240 e. The van der Waals surface area contributed by atoms with Crippen LogP contribution in [0.4, 0.5) is 11.4 Å². The molecule has 1 aliphatic rings. The molecule has 2 aromatic carbocycles. The summed E-state index contributed by atoms with van der Waals surface area (Å²) in [7, 11) is 0. The Labute approximate surface area is 175 Å². The Hall–Kier alpha value is -2.80.